The van der Waals surface area contributed by atoms with Gasteiger partial charge in [0.15, 0.2) is 0 Å². The second kappa shape index (κ2) is 4.73. The first-order valence-corrected chi connectivity index (χ1v) is 3.95. The van der Waals surface area contributed by atoms with E-state index in [0.29, 0.717) is 5.56 Å². The Hall–Kier alpha value is -2.40. The molecule has 0 spiro atoms. The molecule has 0 unspecified atom stereocenters. The third kappa shape index (κ3) is 2.78. The van der Waals surface area contributed by atoms with Gasteiger partial charge in [-0.05, 0) is 12.1 Å². The zero-order valence-corrected chi connectivity index (χ0v) is 7.53. The molecule has 74 valence electrons. The highest BCUT2D eigenvalue weighted by atomic mass is 19.1. The van der Waals surface area contributed by atoms with Crippen LogP contribution in [0.2, 0.25) is 0 Å². The van der Waals surface area contributed by atoms with Gasteiger partial charge in [0.05, 0.1) is 17.4 Å². The van der Waals surface area contributed by atoms with Crippen molar-refractivity contribution in [3.63, 3.8) is 0 Å². The van der Waals surface area contributed by atoms with E-state index in [0.717, 1.165) is 12.1 Å². The van der Waals surface area contributed by atoms with Crippen LogP contribution >= 0.6 is 0 Å². The Kier molecular flexibility index (Phi) is 3.37. The van der Waals surface area contributed by atoms with Crippen LogP contribution < -0.4 is 0 Å². The Morgan fingerprint density at radius 1 is 1.53 bits per heavy atom. The van der Waals surface area contributed by atoms with Crippen LogP contribution in [-0.2, 0) is 0 Å². The standard InChI is InChI=1S/C10H5FN2O2/c11-9-5-4-8(3-1-2-6-12)7-10(9)13(14)15/h4-5,7H,2H2. The molecule has 1 aromatic carbocycles. The summed E-state index contributed by atoms with van der Waals surface area (Å²) in [7, 11) is 0. The van der Waals surface area contributed by atoms with Gasteiger partial charge in [-0.25, -0.2) is 0 Å². The molecule has 0 atom stereocenters. The summed E-state index contributed by atoms with van der Waals surface area (Å²) in [6.07, 6.45) is 0.0329. The van der Waals surface area contributed by atoms with Gasteiger partial charge in [0.25, 0.3) is 0 Å². The van der Waals surface area contributed by atoms with E-state index in [1.807, 2.05) is 0 Å². The van der Waals surface area contributed by atoms with Crippen molar-refractivity contribution in [1.29, 1.82) is 5.26 Å². The number of nitro benzene ring substituents is 1. The van der Waals surface area contributed by atoms with E-state index in [1.165, 1.54) is 6.07 Å². The van der Waals surface area contributed by atoms with Crippen molar-refractivity contribution in [3.8, 4) is 17.9 Å². The molecule has 0 fully saturated rings. The SMILES string of the molecule is N#CCC#Cc1ccc(F)c([N+](=O)[O-])c1. The number of hydrogen-bond acceptors (Lipinski definition) is 3. The van der Waals surface area contributed by atoms with Gasteiger partial charge in [-0.3, -0.25) is 10.1 Å². The summed E-state index contributed by atoms with van der Waals surface area (Å²) >= 11 is 0. The van der Waals surface area contributed by atoms with E-state index in [1.54, 1.807) is 6.07 Å². The van der Waals surface area contributed by atoms with Gasteiger partial charge < -0.3 is 0 Å². The monoisotopic (exact) mass is 204 g/mol. The third-order valence-corrected chi connectivity index (χ3v) is 1.54. The smallest absolute Gasteiger partial charge is 0.258 e. The maximum Gasteiger partial charge on any atom is 0.306 e. The van der Waals surface area contributed by atoms with E-state index < -0.39 is 16.4 Å². The molecule has 1 aromatic rings. The Morgan fingerprint density at radius 2 is 2.27 bits per heavy atom. The van der Waals surface area contributed by atoms with Crippen LogP contribution in [0.1, 0.15) is 12.0 Å². The number of halogens is 1. The molecule has 0 radical (unpaired) electrons. The normalized spacial score (nSPS) is 8.53. The highest BCUT2D eigenvalue weighted by Gasteiger charge is 2.13. The second-order valence-electron chi connectivity index (χ2n) is 2.56. The number of rotatable bonds is 1. The van der Waals surface area contributed by atoms with Gasteiger partial charge >= 0.3 is 5.69 Å². The van der Waals surface area contributed by atoms with E-state index in [4.69, 9.17) is 5.26 Å². The largest absolute Gasteiger partial charge is 0.306 e. The first kappa shape index (κ1) is 10.7. The molecule has 0 aliphatic carbocycles. The fourth-order valence-corrected chi connectivity index (χ4v) is 0.916. The van der Waals surface area contributed by atoms with Gasteiger partial charge in [0.1, 0.15) is 0 Å². The number of nitriles is 1. The van der Waals surface area contributed by atoms with Crippen LogP contribution in [-0.4, -0.2) is 4.92 Å². The second-order valence-corrected chi connectivity index (χ2v) is 2.56. The number of hydrogen-bond donors (Lipinski definition) is 0. The molecule has 0 aliphatic heterocycles. The zero-order chi connectivity index (χ0) is 11.3. The molecule has 0 N–H and O–H groups in total. The molecule has 0 aromatic heterocycles. The van der Waals surface area contributed by atoms with Crippen molar-refractivity contribution in [2.45, 2.75) is 6.42 Å². The molecule has 4 nitrogen and oxygen atoms in total. The fourth-order valence-electron chi connectivity index (χ4n) is 0.916. The van der Waals surface area contributed by atoms with Crippen LogP contribution in [0.3, 0.4) is 0 Å². The molecule has 0 bridgehead atoms. The van der Waals surface area contributed by atoms with Crippen LogP contribution in [0.25, 0.3) is 0 Å². The van der Waals surface area contributed by atoms with Crippen molar-refractivity contribution in [2.24, 2.45) is 0 Å². The van der Waals surface area contributed by atoms with E-state index in [2.05, 4.69) is 11.8 Å². The maximum atomic E-state index is 12.9. The lowest BCUT2D eigenvalue weighted by molar-refractivity contribution is -0.387. The first-order chi connectivity index (χ1) is 7.15. The summed E-state index contributed by atoms with van der Waals surface area (Å²) in [5.41, 5.74) is -0.294. The molecule has 0 aliphatic rings. The molecule has 0 saturated heterocycles. The summed E-state index contributed by atoms with van der Waals surface area (Å²) in [6, 6.07) is 5.15. The van der Waals surface area contributed by atoms with Crippen molar-refractivity contribution in [2.75, 3.05) is 0 Å². The van der Waals surface area contributed by atoms with Gasteiger partial charge in [-0.1, -0.05) is 11.8 Å². The van der Waals surface area contributed by atoms with Crippen LogP contribution in [0.5, 0.6) is 0 Å². The Bertz CT molecular complexity index is 494. The average molecular weight is 204 g/mol. The maximum absolute atomic E-state index is 12.9. The average Bonchev–Trinajstić information content (AvgIpc) is 2.20. The summed E-state index contributed by atoms with van der Waals surface area (Å²) in [6.45, 7) is 0. The molecule has 15 heavy (non-hydrogen) atoms. The lowest BCUT2D eigenvalue weighted by Gasteiger charge is -1.93. The van der Waals surface area contributed by atoms with Crippen LogP contribution in [0.15, 0.2) is 18.2 Å². The van der Waals surface area contributed by atoms with E-state index in [9.17, 15) is 14.5 Å². The zero-order valence-electron chi connectivity index (χ0n) is 7.53. The number of nitro groups is 1. The Morgan fingerprint density at radius 3 is 2.87 bits per heavy atom. The summed E-state index contributed by atoms with van der Waals surface area (Å²) < 4.78 is 12.9. The van der Waals surface area contributed by atoms with E-state index >= 15 is 0 Å². The van der Waals surface area contributed by atoms with Crippen LogP contribution in [0.4, 0.5) is 10.1 Å². The summed E-state index contributed by atoms with van der Waals surface area (Å²) in [4.78, 5) is 9.55. The predicted molar refractivity (Wildman–Crippen MR) is 50.2 cm³/mol. The Labute approximate surface area is 85.1 Å². The van der Waals surface area contributed by atoms with Gasteiger partial charge in [0, 0.05) is 11.6 Å². The topological polar surface area (TPSA) is 66.9 Å². The van der Waals surface area contributed by atoms with Gasteiger partial charge in [-0.15, -0.1) is 0 Å². The van der Waals surface area contributed by atoms with Gasteiger partial charge in [0.2, 0.25) is 5.82 Å². The fraction of sp³-hybridized carbons (Fsp3) is 0.100. The molecule has 0 saturated carbocycles. The summed E-state index contributed by atoms with van der Waals surface area (Å²) in [5, 5.41) is 18.6. The highest BCUT2D eigenvalue weighted by Crippen LogP contribution is 2.17. The first-order valence-electron chi connectivity index (χ1n) is 3.95. The molecule has 1 rings (SSSR count). The molecular formula is C10H5FN2O2. The minimum Gasteiger partial charge on any atom is -0.258 e. The predicted octanol–water partition coefficient (Wildman–Crippen LogP) is 2.00. The summed E-state index contributed by atoms with van der Waals surface area (Å²) in [5.74, 6) is 4.11. The van der Waals surface area contributed by atoms with Crippen molar-refractivity contribution in [1.82, 2.24) is 0 Å². The molecule has 0 heterocycles. The molecule has 5 heteroatoms. The Balaban J connectivity index is 3.05. The minimum atomic E-state index is -0.897. The van der Waals surface area contributed by atoms with Crippen molar-refractivity contribution >= 4 is 5.69 Å². The highest BCUT2D eigenvalue weighted by molar-refractivity contribution is 5.44. The molecule has 0 amide bonds. The van der Waals surface area contributed by atoms with Crippen molar-refractivity contribution in [3.05, 3.63) is 39.7 Å². The minimum absolute atomic E-state index is 0.0329. The van der Waals surface area contributed by atoms with Gasteiger partial charge in [-0.2, -0.15) is 9.65 Å². The lowest BCUT2D eigenvalue weighted by atomic mass is 10.2. The van der Waals surface area contributed by atoms with Crippen molar-refractivity contribution < 1.29 is 9.31 Å². The quantitative estimate of drug-likeness (QED) is 0.399. The number of benzene rings is 1. The number of nitrogens with zero attached hydrogens (tertiary/aromatic N) is 2. The molecular weight excluding hydrogens is 199 g/mol. The lowest BCUT2D eigenvalue weighted by Crippen LogP contribution is -1.92. The third-order valence-electron chi connectivity index (χ3n) is 1.54. The van der Waals surface area contributed by atoms with Crippen LogP contribution in [0, 0.1) is 39.1 Å². The van der Waals surface area contributed by atoms with E-state index in [-0.39, 0.29) is 6.42 Å².